The average Bonchev–Trinajstić information content (AvgIpc) is 2.76. The minimum Gasteiger partial charge on any atom is -0.496 e. The number of methoxy groups -OCH3 is 2. The van der Waals surface area contributed by atoms with Crippen LogP contribution in [-0.2, 0) is 14.3 Å². The van der Waals surface area contributed by atoms with Crippen molar-refractivity contribution in [1.82, 2.24) is 5.32 Å². The quantitative estimate of drug-likeness (QED) is 0.498. The van der Waals surface area contributed by atoms with Gasteiger partial charge in [0.1, 0.15) is 5.75 Å². The summed E-state index contributed by atoms with van der Waals surface area (Å²) in [6.45, 7) is 1.76. The number of ether oxygens (including phenoxy) is 4. The number of rotatable bonds is 9. The van der Waals surface area contributed by atoms with E-state index >= 15 is 0 Å². The maximum Gasteiger partial charge on any atom is 0.331 e. The van der Waals surface area contributed by atoms with Gasteiger partial charge in [-0.05, 0) is 42.8 Å². The zero-order valence-electron chi connectivity index (χ0n) is 17.0. The van der Waals surface area contributed by atoms with Gasteiger partial charge in [-0.3, -0.25) is 14.9 Å². The van der Waals surface area contributed by atoms with Gasteiger partial charge in [0, 0.05) is 6.08 Å². The Morgan fingerprint density at radius 2 is 1.70 bits per heavy atom. The first kappa shape index (κ1) is 22.5. The molecule has 0 aliphatic carbocycles. The number of para-hydroxylation sites is 1. The van der Waals surface area contributed by atoms with E-state index in [0.717, 1.165) is 0 Å². The molecule has 0 aliphatic rings. The summed E-state index contributed by atoms with van der Waals surface area (Å²) in [7, 11) is 2.94. The summed E-state index contributed by atoms with van der Waals surface area (Å²) in [6.07, 6.45) is 2.68. The number of amides is 2. The molecule has 0 bridgehead atoms. The molecule has 0 saturated heterocycles. The molecule has 0 spiro atoms. The molecule has 1 N–H and O–H groups in total. The van der Waals surface area contributed by atoms with E-state index in [1.54, 1.807) is 36.4 Å². The molecule has 0 radical (unpaired) electrons. The van der Waals surface area contributed by atoms with Crippen molar-refractivity contribution in [3.05, 3.63) is 59.7 Å². The fourth-order valence-corrected chi connectivity index (χ4v) is 2.47. The lowest BCUT2D eigenvalue weighted by atomic mass is 10.2. The van der Waals surface area contributed by atoms with Gasteiger partial charge in [0.2, 0.25) is 0 Å². The number of hydrogen-bond acceptors (Lipinski definition) is 7. The predicted molar refractivity (Wildman–Crippen MR) is 110 cm³/mol. The fourth-order valence-electron chi connectivity index (χ4n) is 2.47. The van der Waals surface area contributed by atoms with E-state index in [1.807, 2.05) is 6.92 Å². The van der Waals surface area contributed by atoms with E-state index < -0.39 is 24.4 Å². The molecular formula is C22H23NO7. The summed E-state index contributed by atoms with van der Waals surface area (Å²) < 4.78 is 20.6. The topological polar surface area (TPSA) is 100 Å². The van der Waals surface area contributed by atoms with Crippen molar-refractivity contribution in [3.8, 4) is 17.2 Å². The number of benzene rings is 2. The normalized spacial score (nSPS) is 10.4. The van der Waals surface area contributed by atoms with E-state index in [2.05, 4.69) is 5.32 Å². The molecule has 0 heterocycles. The number of carbonyl (C=O) groups is 3. The first-order valence-electron chi connectivity index (χ1n) is 9.11. The van der Waals surface area contributed by atoms with Crippen molar-refractivity contribution in [2.45, 2.75) is 6.92 Å². The summed E-state index contributed by atoms with van der Waals surface area (Å²) in [5.41, 5.74) is 0.882. The SMILES string of the molecule is CCOc1ccc(/C=C/C(=O)OCC(=O)NC(=O)c2ccccc2OC)cc1OC. The fraction of sp³-hybridized carbons (Fsp3) is 0.227. The van der Waals surface area contributed by atoms with Gasteiger partial charge in [0.05, 0.1) is 26.4 Å². The molecule has 2 amide bonds. The largest absolute Gasteiger partial charge is 0.496 e. The van der Waals surface area contributed by atoms with Crippen molar-refractivity contribution >= 4 is 23.9 Å². The number of imide groups is 1. The molecule has 2 aromatic rings. The van der Waals surface area contributed by atoms with Crippen molar-refractivity contribution in [2.75, 3.05) is 27.4 Å². The van der Waals surface area contributed by atoms with Crippen LogP contribution in [0.25, 0.3) is 6.08 Å². The Morgan fingerprint density at radius 1 is 0.967 bits per heavy atom. The molecule has 0 saturated carbocycles. The smallest absolute Gasteiger partial charge is 0.331 e. The van der Waals surface area contributed by atoms with Crippen LogP contribution < -0.4 is 19.5 Å². The second-order valence-corrected chi connectivity index (χ2v) is 5.86. The van der Waals surface area contributed by atoms with Crippen molar-refractivity contribution in [3.63, 3.8) is 0 Å². The monoisotopic (exact) mass is 413 g/mol. The van der Waals surface area contributed by atoms with Crippen LogP contribution in [0.4, 0.5) is 0 Å². The van der Waals surface area contributed by atoms with E-state index in [-0.39, 0.29) is 5.56 Å². The lowest BCUT2D eigenvalue weighted by Gasteiger charge is -2.09. The molecule has 8 heteroatoms. The molecule has 30 heavy (non-hydrogen) atoms. The van der Waals surface area contributed by atoms with Crippen LogP contribution in [0, 0.1) is 0 Å². The van der Waals surface area contributed by atoms with Crippen LogP contribution in [0.1, 0.15) is 22.8 Å². The molecular weight excluding hydrogens is 390 g/mol. The molecule has 0 aromatic heterocycles. The van der Waals surface area contributed by atoms with E-state index in [0.29, 0.717) is 29.4 Å². The third kappa shape index (κ3) is 6.37. The Morgan fingerprint density at radius 3 is 2.40 bits per heavy atom. The van der Waals surface area contributed by atoms with Gasteiger partial charge in [-0.2, -0.15) is 0 Å². The van der Waals surface area contributed by atoms with Gasteiger partial charge in [0.15, 0.2) is 18.1 Å². The Balaban J connectivity index is 1.88. The Labute approximate surface area is 174 Å². The van der Waals surface area contributed by atoms with Gasteiger partial charge in [-0.15, -0.1) is 0 Å². The lowest BCUT2D eigenvalue weighted by molar-refractivity contribution is -0.143. The predicted octanol–water partition coefficient (Wildman–Crippen LogP) is 2.62. The van der Waals surface area contributed by atoms with E-state index in [1.165, 1.54) is 32.4 Å². The summed E-state index contributed by atoms with van der Waals surface area (Å²) >= 11 is 0. The third-order valence-electron chi connectivity index (χ3n) is 3.85. The molecule has 0 atom stereocenters. The zero-order valence-corrected chi connectivity index (χ0v) is 17.0. The Kier molecular flexibility index (Phi) is 8.43. The maximum absolute atomic E-state index is 12.1. The molecule has 2 aromatic carbocycles. The molecule has 8 nitrogen and oxygen atoms in total. The molecule has 158 valence electrons. The van der Waals surface area contributed by atoms with Crippen LogP contribution in [0.2, 0.25) is 0 Å². The van der Waals surface area contributed by atoms with Crippen LogP contribution >= 0.6 is 0 Å². The van der Waals surface area contributed by atoms with Crippen LogP contribution in [0.5, 0.6) is 17.2 Å². The Bertz CT molecular complexity index is 937. The number of carbonyl (C=O) groups excluding carboxylic acids is 3. The minimum atomic E-state index is -0.754. The van der Waals surface area contributed by atoms with Gasteiger partial charge < -0.3 is 18.9 Å². The lowest BCUT2D eigenvalue weighted by Crippen LogP contribution is -2.34. The highest BCUT2D eigenvalue weighted by molar-refractivity contribution is 6.06. The van der Waals surface area contributed by atoms with Crippen LogP contribution in [-0.4, -0.2) is 45.2 Å². The second-order valence-electron chi connectivity index (χ2n) is 5.86. The van der Waals surface area contributed by atoms with Gasteiger partial charge >= 0.3 is 5.97 Å². The Hall–Kier alpha value is -3.81. The van der Waals surface area contributed by atoms with Crippen molar-refractivity contribution in [1.29, 1.82) is 0 Å². The van der Waals surface area contributed by atoms with Crippen LogP contribution in [0.3, 0.4) is 0 Å². The average molecular weight is 413 g/mol. The van der Waals surface area contributed by atoms with Gasteiger partial charge in [-0.1, -0.05) is 18.2 Å². The highest BCUT2D eigenvalue weighted by Crippen LogP contribution is 2.28. The molecule has 0 aliphatic heterocycles. The highest BCUT2D eigenvalue weighted by atomic mass is 16.5. The summed E-state index contributed by atoms with van der Waals surface area (Å²) in [6, 6.07) is 11.6. The third-order valence-corrected chi connectivity index (χ3v) is 3.85. The zero-order chi connectivity index (χ0) is 21.9. The molecule has 0 unspecified atom stereocenters. The van der Waals surface area contributed by atoms with E-state index in [4.69, 9.17) is 18.9 Å². The first-order chi connectivity index (χ1) is 14.5. The highest BCUT2D eigenvalue weighted by Gasteiger charge is 2.15. The second kappa shape index (κ2) is 11.3. The van der Waals surface area contributed by atoms with Crippen molar-refractivity contribution in [2.24, 2.45) is 0 Å². The molecule has 2 rings (SSSR count). The van der Waals surface area contributed by atoms with Crippen LogP contribution in [0.15, 0.2) is 48.5 Å². The first-order valence-corrected chi connectivity index (χ1v) is 9.11. The minimum absolute atomic E-state index is 0.198. The summed E-state index contributed by atoms with van der Waals surface area (Å²) in [5.74, 6) is -0.685. The van der Waals surface area contributed by atoms with Gasteiger partial charge in [-0.25, -0.2) is 4.79 Å². The van der Waals surface area contributed by atoms with E-state index in [9.17, 15) is 14.4 Å². The number of esters is 1. The number of hydrogen-bond donors (Lipinski definition) is 1. The number of nitrogens with one attached hydrogen (secondary N) is 1. The maximum atomic E-state index is 12.1. The standard InChI is InChI=1S/C22H23NO7/c1-4-29-18-11-9-15(13-19(18)28-3)10-12-21(25)30-14-20(24)23-22(26)16-7-5-6-8-17(16)27-2/h5-13H,4,14H2,1-3H3,(H,23,24,26)/b12-10+. The molecule has 0 fully saturated rings. The van der Waals surface area contributed by atoms with Gasteiger partial charge in [0.25, 0.3) is 11.8 Å². The summed E-state index contributed by atoms with van der Waals surface area (Å²) in [5, 5.41) is 2.14. The summed E-state index contributed by atoms with van der Waals surface area (Å²) in [4.78, 5) is 35.9. The van der Waals surface area contributed by atoms with Crippen molar-refractivity contribution < 1.29 is 33.3 Å².